The first kappa shape index (κ1) is 11.9. The van der Waals surface area contributed by atoms with Gasteiger partial charge in [0.05, 0.1) is 5.54 Å². The number of carbonyl (C=O) groups is 1. The SMILES string of the molecule is CCC1(C(=O)NC2CCN(C)C2)CCCN1. The minimum absolute atomic E-state index is 0.216. The van der Waals surface area contributed by atoms with Crippen molar-refractivity contribution in [3.8, 4) is 0 Å². The average Bonchev–Trinajstić information content (AvgIpc) is 2.88. The second-order valence-corrected chi connectivity index (χ2v) is 5.19. The van der Waals surface area contributed by atoms with E-state index in [0.717, 1.165) is 45.3 Å². The molecule has 2 heterocycles. The molecule has 16 heavy (non-hydrogen) atoms. The van der Waals surface area contributed by atoms with Crippen LogP contribution >= 0.6 is 0 Å². The second-order valence-electron chi connectivity index (χ2n) is 5.19. The van der Waals surface area contributed by atoms with E-state index in [1.54, 1.807) is 0 Å². The highest BCUT2D eigenvalue weighted by Gasteiger charge is 2.40. The maximum Gasteiger partial charge on any atom is 0.240 e. The van der Waals surface area contributed by atoms with Crippen LogP contribution in [0, 0.1) is 0 Å². The molecule has 0 saturated carbocycles. The van der Waals surface area contributed by atoms with Crippen molar-refractivity contribution < 1.29 is 4.79 Å². The van der Waals surface area contributed by atoms with Crippen LogP contribution in [0.5, 0.6) is 0 Å². The van der Waals surface area contributed by atoms with E-state index in [-0.39, 0.29) is 11.4 Å². The van der Waals surface area contributed by atoms with Gasteiger partial charge in [-0.15, -0.1) is 0 Å². The molecule has 2 rings (SSSR count). The number of likely N-dealkylation sites (N-methyl/N-ethyl adjacent to an activating group) is 1. The average molecular weight is 225 g/mol. The Balaban J connectivity index is 1.91. The van der Waals surface area contributed by atoms with Gasteiger partial charge in [-0.2, -0.15) is 0 Å². The van der Waals surface area contributed by atoms with Gasteiger partial charge in [0.1, 0.15) is 0 Å². The number of rotatable bonds is 3. The first-order valence-corrected chi connectivity index (χ1v) is 6.41. The van der Waals surface area contributed by atoms with E-state index in [4.69, 9.17) is 0 Å². The number of likely N-dealkylation sites (tertiary alicyclic amines) is 1. The Morgan fingerprint density at radius 2 is 2.44 bits per heavy atom. The molecule has 4 nitrogen and oxygen atoms in total. The van der Waals surface area contributed by atoms with Gasteiger partial charge in [-0.05, 0) is 45.8 Å². The largest absolute Gasteiger partial charge is 0.350 e. The van der Waals surface area contributed by atoms with Crippen LogP contribution in [-0.4, -0.2) is 49.1 Å². The van der Waals surface area contributed by atoms with E-state index in [0.29, 0.717) is 6.04 Å². The lowest BCUT2D eigenvalue weighted by Gasteiger charge is -2.28. The van der Waals surface area contributed by atoms with Crippen LogP contribution in [0.15, 0.2) is 0 Å². The number of amides is 1. The predicted molar refractivity (Wildman–Crippen MR) is 64.3 cm³/mol. The molecule has 2 aliphatic heterocycles. The quantitative estimate of drug-likeness (QED) is 0.728. The summed E-state index contributed by atoms with van der Waals surface area (Å²) in [6.07, 6.45) is 4.08. The van der Waals surface area contributed by atoms with Crippen LogP contribution in [0.25, 0.3) is 0 Å². The maximum absolute atomic E-state index is 12.3. The van der Waals surface area contributed by atoms with Gasteiger partial charge in [-0.25, -0.2) is 0 Å². The van der Waals surface area contributed by atoms with Gasteiger partial charge in [0, 0.05) is 12.6 Å². The van der Waals surface area contributed by atoms with Gasteiger partial charge in [-0.3, -0.25) is 4.79 Å². The molecule has 2 aliphatic rings. The van der Waals surface area contributed by atoms with Crippen molar-refractivity contribution in [1.29, 1.82) is 0 Å². The van der Waals surface area contributed by atoms with Gasteiger partial charge < -0.3 is 15.5 Å². The molecule has 2 unspecified atom stereocenters. The molecule has 0 aliphatic carbocycles. The molecule has 2 saturated heterocycles. The third kappa shape index (κ3) is 2.23. The fraction of sp³-hybridized carbons (Fsp3) is 0.917. The van der Waals surface area contributed by atoms with Crippen molar-refractivity contribution >= 4 is 5.91 Å². The maximum atomic E-state index is 12.3. The third-order valence-electron chi connectivity index (χ3n) is 4.01. The normalized spacial score (nSPS) is 35.5. The zero-order chi connectivity index (χ0) is 11.6. The van der Waals surface area contributed by atoms with Crippen molar-refractivity contribution in [3.05, 3.63) is 0 Å². The topological polar surface area (TPSA) is 44.4 Å². The molecule has 0 aromatic heterocycles. The first-order valence-electron chi connectivity index (χ1n) is 6.41. The molecule has 1 amide bonds. The minimum Gasteiger partial charge on any atom is -0.350 e. The molecular formula is C12H23N3O. The fourth-order valence-electron chi connectivity index (χ4n) is 2.84. The van der Waals surface area contributed by atoms with E-state index in [9.17, 15) is 4.79 Å². The fourth-order valence-corrected chi connectivity index (χ4v) is 2.84. The Morgan fingerprint density at radius 3 is 2.94 bits per heavy atom. The Kier molecular flexibility index (Phi) is 3.50. The third-order valence-corrected chi connectivity index (χ3v) is 4.01. The summed E-state index contributed by atoms with van der Waals surface area (Å²) in [6.45, 7) is 5.16. The van der Waals surface area contributed by atoms with Crippen molar-refractivity contribution in [2.45, 2.75) is 44.2 Å². The summed E-state index contributed by atoms with van der Waals surface area (Å²) in [6, 6.07) is 0.350. The molecule has 2 N–H and O–H groups in total. The Hall–Kier alpha value is -0.610. The predicted octanol–water partition coefficient (Wildman–Crippen LogP) is 0.339. The van der Waals surface area contributed by atoms with Crippen LogP contribution in [0.1, 0.15) is 32.6 Å². The summed E-state index contributed by atoms with van der Waals surface area (Å²) in [5.41, 5.74) is -0.277. The lowest BCUT2D eigenvalue weighted by molar-refractivity contribution is -0.127. The van der Waals surface area contributed by atoms with Gasteiger partial charge in [-0.1, -0.05) is 6.92 Å². The molecule has 0 aromatic rings. The van der Waals surface area contributed by atoms with E-state index in [2.05, 4.69) is 29.5 Å². The number of nitrogens with one attached hydrogen (secondary N) is 2. The summed E-state index contributed by atoms with van der Waals surface area (Å²) in [7, 11) is 2.11. The lowest BCUT2D eigenvalue weighted by atomic mass is 9.93. The van der Waals surface area contributed by atoms with Gasteiger partial charge in [0.15, 0.2) is 0 Å². The first-order chi connectivity index (χ1) is 7.66. The summed E-state index contributed by atoms with van der Waals surface area (Å²) in [5.74, 6) is 0.216. The van der Waals surface area contributed by atoms with Gasteiger partial charge in [0.25, 0.3) is 0 Å². The van der Waals surface area contributed by atoms with Crippen LogP contribution in [-0.2, 0) is 4.79 Å². The highest BCUT2D eigenvalue weighted by atomic mass is 16.2. The van der Waals surface area contributed by atoms with Gasteiger partial charge in [0.2, 0.25) is 5.91 Å². The number of hydrogen-bond donors (Lipinski definition) is 2. The molecule has 0 spiro atoms. The van der Waals surface area contributed by atoms with E-state index >= 15 is 0 Å². The Bertz CT molecular complexity index is 261. The highest BCUT2D eigenvalue weighted by Crippen LogP contribution is 2.23. The molecular weight excluding hydrogens is 202 g/mol. The van der Waals surface area contributed by atoms with Crippen LogP contribution in [0.2, 0.25) is 0 Å². The summed E-state index contributed by atoms with van der Waals surface area (Å²) in [5, 5.41) is 6.58. The molecule has 0 aromatic carbocycles. The van der Waals surface area contributed by atoms with Crippen molar-refractivity contribution in [2.75, 3.05) is 26.7 Å². The smallest absolute Gasteiger partial charge is 0.240 e. The molecule has 4 heteroatoms. The molecule has 2 atom stereocenters. The Labute approximate surface area is 97.8 Å². The molecule has 0 radical (unpaired) electrons. The zero-order valence-electron chi connectivity index (χ0n) is 10.4. The number of carbonyl (C=O) groups excluding carboxylic acids is 1. The number of nitrogens with zero attached hydrogens (tertiary/aromatic N) is 1. The van der Waals surface area contributed by atoms with E-state index < -0.39 is 0 Å². The van der Waals surface area contributed by atoms with E-state index in [1.807, 2.05) is 0 Å². The second kappa shape index (κ2) is 4.72. The monoisotopic (exact) mass is 225 g/mol. The van der Waals surface area contributed by atoms with Gasteiger partial charge >= 0.3 is 0 Å². The standard InChI is InChI=1S/C12H23N3O/c1-3-12(6-4-7-13-12)11(16)14-10-5-8-15(2)9-10/h10,13H,3-9H2,1-2H3,(H,14,16). The summed E-state index contributed by atoms with van der Waals surface area (Å²) < 4.78 is 0. The Morgan fingerprint density at radius 1 is 1.62 bits per heavy atom. The zero-order valence-corrected chi connectivity index (χ0v) is 10.4. The van der Waals surface area contributed by atoms with Crippen molar-refractivity contribution in [3.63, 3.8) is 0 Å². The molecule has 2 fully saturated rings. The molecule has 0 bridgehead atoms. The van der Waals surface area contributed by atoms with Crippen molar-refractivity contribution in [1.82, 2.24) is 15.5 Å². The summed E-state index contributed by atoms with van der Waals surface area (Å²) in [4.78, 5) is 14.5. The highest BCUT2D eigenvalue weighted by molar-refractivity contribution is 5.86. The van der Waals surface area contributed by atoms with Crippen LogP contribution < -0.4 is 10.6 Å². The van der Waals surface area contributed by atoms with E-state index in [1.165, 1.54) is 0 Å². The minimum atomic E-state index is -0.277. The number of hydrogen-bond acceptors (Lipinski definition) is 3. The lowest BCUT2D eigenvalue weighted by Crippen LogP contribution is -2.55. The van der Waals surface area contributed by atoms with Crippen LogP contribution in [0.3, 0.4) is 0 Å². The van der Waals surface area contributed by atoms with Crippen molar-refractivity contribution in [2.24, 2.45) is 0 Å². The molecule has 92 valence electrons. The van der Waals surface area contributed by atoms with Crippen LogP contribution in [0.4, 0.5) is 0 Å². The summed E-state index contributed by atoms with van der Waals surface area (Å²) >= 11 is 0.